The number of aromatic carboxylic acids is 1. The van der Waals surface area contributed by atoms with Crippen LogP contribution in [0.3, 0.4) is 0 Å². The second kappa shape index (κ2) is 5.58. The first kappa shape index (κ1) is 13.4. The van der Waals surface area contributed by atoms with Crippen molar-refractivity contribution in [1.29, 1.82) is 0 Å². The summed E-state index contributed by atoms with van der Waals surface area (Å²) in [6.45, 7) is -1.64. The molecule has 0 aliphatic heterocycles. The van der Waals surface area contributed by atoms with Gasteiger partial charge in [-0.15, -0.1) is 0 Å². The number of carbonyl (C=O) groups is 1. The van der Waals surface area contributed by atoms with Crippen LogP contribution in [0.25, 0.3) is 0 Å². The van der Waals surface area contributed by atoms with E-state index in [9.17, 15) is 4.79 Å². The van der Waals surface area contributed by atoms with Crippen LogP contribution in [0, 0.1) is 0 Å². The van der Waals surface area contributed by atoms with Crippen molar-refractivity contribution in [3.8, 4) is 0 Å². The molecule has 1 rings (SSSR count). The van der Waals surface area contributed by atoms with Crippen LogP contribution < -0.4 is 5.32 Å². The van der Waals surface area contributed by atoms with E-state index >= 15 is 0 Å². The molecule has 7 nitrogen and oxygen atoms in total. The first-order chi connectivity index (χ1) is 8.08. The number of carboxylic acids is 1. The lowest BCUT2D eigenvalue weighted by molar-refractivity contribution is 0.0686. The van der Waals surface area contributed by atoms with Gasteiger partial charge in [-0.1, -0.05) is 0 Å². The lowest BCUT2D eigenvalue weighted by atomic mass is 10.0. The molecule has 0 saturated carbocycles. The van der Waals surface area contributed by atoms with Crippen molar-refractivity contribution in [2.45, 2.75) is 5.54 Å². The van der Waals surface area contributed by atoms with E-state index in [4.69, 9.17) is 20.4 Å². The maximum absolute atomic E-state index is 10.9. The zero-order valence-corrected chi connectivity index (χ0v) is 9.00. The molecule has 0 atom stereocenters. The summed E-state index contributed by atoms with van der Waals surface area (Å²) in [6.07, 6.45) is 1.31. The number of rotatable bonds is 6. The van der Waals surface area contributed by atoms with Crippen LogP contribution in [0.5, 0.6) is 0 Å². The maximum Gasteiger partial charge on any atom is 0.356 e. The quantitative estimate of drug-likeness (QED) is 0.429. The molecular formula is C10H14N2O5. The van der Waals surface area contributed by atoms with E-state index < -0.39 is 31.3 Å². The third-order valence-corrected chi connectivity index (χ3v) is 2.32. The van der Waals surface area contributed by atoms with Crippen molar-refractivity contribution in [2.24, 2.45) is 0 Å². The summed E-state index contributed by atoms with van der Waals surface area (Å²) in [7, 11) is 0. The Morgan fingerprint density at radius 3 is 2.35 bits per heavy atom. The number of aromatic nitrogens is 1. The van der Waals surface area contributed by atoms with Crippen LogP contribution in [0.1, 0.15) is 10.5 Å². The Hall–Kier alpha value is -1.70. The minimum absolute atomic E-state index is 0.122. The van der Waals surface area contributed by atoms with Crippen LogP contribution >= 0.6 is 0 Å². The summed E-state index contributed by atoms with van der Waals surface area (Å²) in [5.74, 6) is -1.24. The zero-order chi connectivity index (χ0) is 12.9. The lowest BCUT2D eigenvalue weighted by Gasteiger charge is -2.30. The minimum Gasteiger partial charge on any atom is -0.476 e. The second-order valence-electron chi connectivity index (χ2n) is 3.58. The van der Waals surface area contributed by atoms with Crippen molar-refractivity contribution < 1.29 is 25.2 Å². The van der Waals surface area contributed by atoms with E-state index in [1.807, 2.05) is 0 Å². The molecule has 0 aliphatic rings. The molecule has 17 heavy (non-hydrogen) atoms. The van der Waals surface area contributed by atoms with Crippen molar-refractivity contribution in [3.05, 3.63) is 24.0 Å². The van der Waals surface area contributed by atoms with Gasteiger partial charge >= 0.3 is 5.97 Å². The Labute approximate surface area is 97.4 Å². The van der Waals surface area contributed by atoms with E-state index in [-0.39, 0.29) is 11.4 Å². The van der Waals surface area contributed by atoms with E-state index in [1.54, 1.807) is 0 Å². The highest BCUT2D eigenvalue weighted by atomic mass is 16.4. The van der Waals surface area contributed by atoms with Crippen molar-refractivity contribution >= 4 is 11.7 Å². The van der Waals surface area contributed by atoms with Crippen LogP contribution in [-0.2, 0) is 0 Å². The van der Waals surface area contributed by atoms with E-state index in [1.165, 1.54) is 18.3 Å². The molecule has 0 radical (unpaired) electrons. The van der Waals surface area contributed by atoms with Gasteiger partial charge in [-0.2, -0.15) is 0 Å². The van der Waals surface area contributed by atoms with Gasteiger partial charge in [0.1, 0.15) is 5.54 Å². The topological polar surface area (TPSA) is 123 Å². The van der Waals surface area contributed by atoms with Crippen molar-refractivity contribution in [1.82, 2.24) is 4.98 Å². The van der Waals surface area contributed by atoms with Gasteiger partial charge in [0.25, 0.3) is 0 Å². The number of nitrogens with zero attached hydrogens (tertiary/aromatic N) is 1. The van der Waals surface area contributed by atoms with Crippen molar-refractivity contribution in [3.63, 3.8) is 0 Å². The van der Waals surface area contributed by atoms with Gasteiger partial charge in [0.2, 0.25) is 0 Å². The second-order valence-corrected chi connectivity index (χ2v) is 3.58. The summed E-state index contributed by atoms with van der Waals surface area (Å²) in [4.78, 5) is 14.5. The number of anilines is 1. The summed E-state index contributed by atoms with van der Waals surface area (Å²) < 4.78 is 0. The van der Waals surface area contributed by atoms with E-state index in [0.717, 1.165) is 0 Å². The summed E-state index contributed by atoms with van der Waals surface area (Å²) in [6, 6.07) is 2.94. The van der Waals surface area contributed by atoms with Crippen LogP contribution in [0.15, 0.2) is 18.3 Å². The highest BCUT2D eigenvalue weighted by molar-refractivity contribution is 5.91. The lowest BCUT2D eigenvalue weighted by Crippen LogP contribution is -2.49. The minimum atomic E-state index is -1.38. The number of pyridine rings is 1. The van der Waals surface area contributed by atoms with Gasteiger partial charge in [0.05, 0.1) is 25.5 Å². The first-order valence-electron chi connectivity index (χ1n) is 4.87. The average Bonchev–Trinajstić information content (AvgIpc) is 2.36. The smallest absolute Gasteiger partial charge is 0.356 e. The summed E-state index contributed by atoms with van der Waals surface area (Å²) in [5, 5.41) is 38.8. The van der Waals surface area contributed by atoms with E-state index in [0.29, 0.717) is 0 Å². The van der Waals surface area contributed by atoms with Crippen LogP contribution in [-0.4, -0.2) is 56.7 Å². The summed E-state index contributed by atoms with van der Waals surface area (Å²) >= 11 is 0. The molecule has 0 aliphatic carbocycles. The van der Waals surface area contributed by atoms with Crippen LogP contribution in [0.4, 0.5) is 5.69 Å². The summed E-state index contributed by atoms with van der Waals surface area (Å²) in [5.41, 5.74) is -1.50. The molecule has 0 unspecified atom stereocenters. The molecule has 0 bridgehead atoms. The maximum atomic E-state index is 10.9. The number of hydrogen-bond acceptors (Lipinski definition) is 6. The monoisotopic (exact) mass is 242 g/mol. The Bertz CT molecular complexity index is 384. The molecule has 1 aromatic rings. The molecule has 5 N–H and O–H groups in total. The third-order valence-electron chi connectivity index (χ3n) is 2.32. The van der Waals surface area contributed by atoms with Gasteiger partial charge in [0.15, 0.2) is 5.69 Å². The predicted octanol–water partition coefficient (Wildman–Crippen LogP) is -1.09. The van der Waals surface area contributed by atoms with Gasteiger partial charge in [-0.05, 0) is 12.1 Å². The van der Waals surface area contributed by atoms with Gasteiger partial charge < -0.3 is 25.7 Å². The van der Waals surface area contributed by atoms with Crippen molar-refractivity contribution in [2.75, 3.05) is 25.1 Å². The van der Waals surface area contributed by atoms with Gasteiger partial charge in [-0.3, -0.25) is 0 Å². The Kier molecular flexibility index (Phi) is 4.38. The highest BCUT2D eigenvalue weighted by Crippen LogP contribution is 2.18. The molecule has 7 heteroatoms. The zero-order valence-electron chi connectivity index (χ0n) is 9.00. The Morgan fingerprint density at radius 2 is 1.88 bits per heavy atom. The number of hydrogen-bond donors (Lipinski definition) is 5. The van der Waals surface area contributed by atoms with Crippen LogP contribution in [0.2, 0.25) is 0 Å². The molecule has 0 fully saturated rings. The molecule has 94 valence electrons. The molecule has 0 amide bonds. The number of aliphatic hydroxyl groups is 3. The molecule has 1 heterocycles. The molecule has 1 aromatic heterocycles. The molecular weight excluding hydrogens is 228 g/mol. The Balaban J connectivity index is 3.05. The standard InChI is InChI=1S/C10H14N2O5/c13-4-10(5-14,6-15)12-7-2-1-3-11-8(7)9(16)17/h1-3,12-15H,4-6H2,(H,16,17). The Morgan fingerprint density at radius 1 is 1.29 bits per heavy atom. The third kappa shape index (κ3) is 2.90. The largest absolute Gasteiger partial charge is 0.476 e. The SMILES string of the molecule is O=C(O)c1ncccc1NC(CO)(CO)CO. The molecule has 0 saturated heterocycles. The van der Waals surface area contributed by atoms with Gasteiger partial charge in [0, 0.05) is 6.20 Å². The fourth-order valence-corrected chi connectivity index (χ4v) is 1.23. The fraction of sp³-hybridized carbons (Fsp3) is 0.400. The fourth-order valence-electron chi connectivity index (χ4n) is 1.23. The molecule has 0 aromatic carbocycles. The number of aliphatic hydroxyl groups excluding tert-OH is 3. The normalized spacial score (nSPS) is 11.2. The average molecular weight is 242 g/mol. The highest BCUT2D eigenvalue weighted by Gasteiger charge is 2.29. The molecule has 0 spiro atoms. The predicted molar refractivity (Wildman–Crippen MR) is 58.8 cm³/mol. The van der Waals surface area contributed by atoms with Gasteiger partial charge in [-0.25, -0.2) is 9.78 Å². The number of nitrogens with one attached hydrogen (secondary N) is 1. The first-order valence-corrected chi connectivity index (χ1v) is 4.87. The number of carboxylic acid groups (broad SMARTS) is 1. The van der Waals surface area contributed by atoms with E-state index in [2.05, 4.69) is 10.3 Å².